The molecule has 0 aliphatic rings. The molecule has 0 spiro atoms. The van der Waals surface area contributed by atoms with Crippen LogP contribution in [-0.4, -0.2) is 25.2 Å². The lowest BCUT2D eigenvalue weighted by atomic mass is 10.1. The highest BCUT2D eigenvalue weighted by Gasteiger charge is 2.17. The molecule has 0 atom stereocenters. The van der Waals surface area contributed by atoms with Gasteiger partial charge in [0.1, 0.15) is 0 Å². The molecule has 0 unspecified atom stereocenters. The van der Waals surface area contributed by atoms with E-state index in [1.807, 2.05) is 77.8 Å². The van der Waals surface area contributed by atoms with Crippen LogP contribution in [0.1, 0.15) is 28.5 Å². The minimum atomic E-state index is -0.161. The molecule has 0 bridgehead atoms. The van der Waals surface area contributed by atoms with Crippen LogP contribution in [0.2, 0.25) is 0 Å². The van der Waals surface area contributed by atoms with Gasteiger partial charge < -0.3 is 9.88 Å². The highest BCUT2D eigenvalue weighted by molar-refractivity contribution is 6.05. The molecule has 6 heteroatoms. The van der Waals surface area contributed by atoms with Crippen molar-refractivity contribution in [1.82, 2.24) is 19.3 Å². The Hall–Kier alpha value is -3.67. The van der Waals surface area contributed by atoms with E-state index in [4.69, 9.17) is 0 Å². The second kappa shape index (κ2) is 7.52. The SMILES string of the molecule is CCc1c(C(=O)Nc2ccc(-n3ccnc3)cc2)cnn1-c1ccc(C)cc1. The minimum absolute atomic E-state index is 0.161. The summed E-state index contributed by atoms with van der Waals surface area (Å²) < 4.78 is 3.74. The van der Waals surface area contributed by atoms with E-state index in [-0.39, 0.29) is 5.91 Å². The fourth-order valence-electron chi connectivity index (χ4n) is 3.14. The zero-order chi connectivity index (χ0) is 19.5. The monoisotopic (exact) mass is 371 g/mol. The highest BCUT2D eigenvalue weighted by atomic mass is 16.1. The Morgan fingerprint density at radius 3 is 2.39 bits per heavy atom. The van der Waals surface area contributed by atoms with Gasteiger partial charge >= 0.3 is 0 Å². The van der Waals surface area contributed by atoms with Crippen molar-refractivity contribution >= 4 is 11.6 Å². The Kier molecular flexibility index (Phi) is 4.76. The van der Waals surface area contributed by atoms with Crippen LogP contribution in [0.3, 0.4) is 0 Å². The van der Waals surface area contributed by atoms with Crippen molar-refractivity contribution in [3.05, 3.63) is 90.3 Å². The molecule has 6 nitrogen and oxygen atoms in total. The van der Waals surface area contributed by atoms with E-state index in [0.29, 0.717) is 12.0 Å². The summed E-state index contributed by atoms with van der Waals surface area (Å²) in [6.45, 7) is 4.07. The van der Waals surface area contributed by atoms with E-state index in [9.17, 15) is 4.79 Å². The molecule has 4 aromatic rings. The number of carbonyl (C=O) groups excluding carboxylic acids is 1. The van der Waals surface area contributed by atoms with Gasteiger partial charge in [-0.3, -0.25) is 4.79 Å². The lowest BCUT2D eigenvalue weighted by Crippen LogP contribution is -2.14. The quantitative estimate of drug-likeness (QED) is 0.572. The van der Waals surface area contributed by atoms with Crippen LogP contribution in [-0.2, 0) is 6.42 Å². The zero-order valence-corrected chi connectivity index (χ0v) is 15.8. The number of carbonyl (C=O) groups is 1. The van der Waals surface area contributed by atoms with Crippen LogP contribution >= 0.6 is 0 Å². The van der Waals surface area contributed by atoms with E-state index >= 15 is 0 Å². The number of aromatic nitrogens is 4. The predicted octanol–water partition coefficient (Wildman–Crippen LogP) is 4.18. The maximum Gasteiger partial charge on any atom is 0.259 e. The summed E-state index contributed by atoms with van der Waals surface area (Å²) in [5, 5.41) is 7.41. The van der Waals surface area contributed by atoms with Crippen LogP contribution in [0.5, 0.6) is 0 Å². The number of nitrogens with zero attached hydrogens (tertiary/aromatic N) is 4. The molecule has 1 amide bonds. The van der Waals surface area contributed by atoms with Crippen LogP contribution < -0.4 is 5.32 Å². The molecule has 140 valence electrons. The molecule has 28 heavy (non-hydrogen) atoms. The maximum atomic E-state index is 12.8. The fraction of sp³-hybridized carbons (Fsp3) is 0.136. The fourth-order valence-corrected chi connectivity index (χ4v) is 3.14. The topological polar surface area (TPSA) is 64.7 Å². The second-order valence-corrected chi connectivity index (χ2v) is 6.58. The third kappa shape index (κ3) is 3.44. The Labute approximate surface area is 163 Å². The normalized spacial score (nSPS) is 10.8. The van der Waals surface area contributed by atoms with Crippen LogP contribution in [0.15, 0.2) is 73.4 Å². The molecule has 2 aromatic carbocycles. The highest BCUT2D eigenvalue weighted by Crippen LogP contribution is 2.19. The largest absolute Gasteiger partial charge is 0.322 e. The second-order valence-electron chi connectivity index (χ2n) is 6.58. The number of hydrogen-bond acceptors (Lipinski definition) is 3. The molecule has 0 aliphatic carbocycles. The summed E-state index contributed by atoms with van der Waals surface area (Å²) >= 11 is 0. The van der Waals surface area contributed by atoms with E-state index in [2.05, 4.69) is 15.4 Å². The van der Waals surface area contributed by atoms with Crippen molar-refractivity contribution in [2.24, 2.45) is 0 Å². The van der Waals surface area contributed by atoms with Crippen LogP contribution in [0.4, 0.5) is 5.69 Å². The lowest BCUT2D eigenvalue weighted by molar-refractivity contribution is 0.102. The molecule has 0 radical (unpaired) electrons. The van der Waals surface area contributed by atoms with Crippen molar-refractivity contribution in [3.63, 3.8) is 0 Å². The van der Waals surface area contributed by atoms with Gasteiger partial charge in [-0.25, -0.2) is 9.67 Å². The number of benzene rings is 2. The summed E-state index contributed by atoms with van der Waals surface area (Å²) in [4.78, 5) is 16.9. The van der Waals surface area contributed by atoms with Gasteiger partial charge in [-0.1, -0.05) is 24.6 Å². The average Bonchev–Trinajstić information content (AvgIpc) is 3.39. The molecular formula is C22H21N5O. The molecule has 0 aliphatic heterocycles. The Bertz CT molecular complexity index is 1080. The van der Waals surface area contributed by atoms with Crippen LogP contribution in [0.25, 0.3) is 11.4 Å². The Balaban J connectivity index is 1.56. The van der Waals surface area contributed by atoms with E-state index in [0.717, 1.165) is 22.8 Å². The Morgan fingerprint density at radius 1 is 1.04 bits per heavy atom. The van der Waals surface area contributed by atoms with E-state index in [1.54, 1.807) is 18.7 Å². The van der Waals surface area contributed by atoms with Gasteiger partial charge in [0, 0.05) is 23.8 Å². The number of rotatable bonds is 5. The van der Waals surface area contributed by atoms with Crippen molar-refractivity contribution in [1.29, 1.82) is 0 Å². The third-order valence-electron chi connectivity index (χ3n) is 4.65. The van der Waals surface area contributed by atoms with Gasteiger partial charge in [-0.15, -0.1) is 0 Å². The molecule has 0 fully saturated rings. The number of hydrogen-bond donors (Lipinski definition) is 1. The van der Waals surface area contributed by atoms with Crippen LogP contribution in [0, 0.1) is 6.92 Å². The van der Waals surface area contributed by atoms with Gasteiger partial charge in [0.2, 0.25) is 0 Å². The van der Waals surface area contributed by atoms with Gasteiger partial charge in [0.05, 0.1) is 29.5 Å². The van der Waals surface area contributed by atoms with Crippen molar-refractivity contribution in [3.8, 4) is 11.4 Å². The van der Waals surface area contributed by atoms with Gasteiger partial charge in [-0.2, -0.15) is 5.10 Å². The lowest BCUT2D eigenvalue weighted by Gasteiger charge is -2.09. The average molecular weight is 371 g/mol. The summed E-state index contributed by atoms with van der Waals surface area (Å²) in [6, 6.07) is 15.7. The number of aryl methyl sites for hydroxylation is 1. The first-order valence-electron chi connectivity index (χ1n) is 9.19. The van der Waals surface area contributed by atoms with Gasteiger partial charge in [-0.05, 0) is 49.7 Å². The van der Waals surface area contributed by atoms with Crippen molar-refractivity contribution in [2.75, 3.05) is 5.32 Å². The first kappa shape index (κ1) is 17.7. The molecule has 1 N–H and O–H groups in total. The molecule has 0 saturated heterocycles. The summed E-state index contributed by atoms with van der Waals surface area (Å²) in [7, 11) is 0. The van der Waals surface area contributed by atoms with Gasteiger partial charge in [0.25, 0.3) is 5.91 Å². The van der Waals surface area contributed by atoms with Crippen molar-refractivity contribution < 1.29 is 4.79 Å². The number of imidazole rings is 1. The smallest absolute Gasteiger partial charge is 0.259 e. The molecule has 0 saturated carbocycles. The van der Waals surface area contributed by atoms with Crippen molar-refractivity contribution in [2.45, 2.75) is 20.3 Å². The summed E-state index contributed by atoms with van der Waals surface area (Å²) in [5.74, 6) is -0.161. The third-order valence-corrected chi connectivity index (χ3v) is 4.65. The maximum absolute atomic E-state index is 12.8. The first-order valence-corrected chi connectivity index (χ1v) is 9.19. The van der Waals surface area contributed by atoms with E-state index < -0.39 is 0 Å². The molecule has 4 rings (SSSR count). The summed E-state index contributed by atoms with van der Waals surface area (Å²) in [5.41, 5.74) is 5.33. The minimum Gasteiger partial charge on any atom is -0.322 e. The first-order chi connectivity index (χ1) is 13.7. The Morgan fingerprint density at radius 2 is 1.75 bits per heavy atom. The standard InChI is InChI=1S/C22H21N5O/c1-3-21-20(14-24-27(21)19-8-4-16(2)5-9-19)22(28)25-17-6-10-18(11-7-17)26-13-12-23-15-26/h4-15H,3H2,1-2H3,(H,25,28). The number of nitrogens with one attached hydrogen (secondary N) is 1. The molecular weight excluding hydrogens is 350 g/mol. The number of amides is 1. The summed E-state index contributed by atoms with van der Waals surface area (Å²) in [6.07, 6.45) is 7.68. The predicted molar refractivity (Wildman–Crippen MR) is 109 cm³/mol. The molecule has 2 aromatic heterocycles. The van der Waals surface area contributed by atoms with E-state index in [1.165, 1.54) is 5.56 Å². The molecule has 2 heterocycles. The number of anilines is 1. The van der Waals surface area contributed by atoms with Gasteiger partial charge in [0.15, 0.2) is 0 Å². The zero-order valence-electron chi connectivity index (χ0n) is 15.8.